The third-order valence-electron chi connectivity index (χ3n) is 5.10. The van der Waals surface area contributed by atoms with Crippen molar-refractivity contribution in [3.63, 3.8) is 0 Å². The first-order valence-electron chi connectivity index (χ1n) is 10.5. The average Bonchev–Trinajstić information content (AvgIpc) is 3.04. The molecule has 0 amide bonds. The SMILES string of the molecule is CC(=O)CC(C)=NCCN1CCN(CCN=C(C)CC(C)=O)C1c1ccc(O)cc1. The summed E-state index contributed by atoms with van der Waals surface area (Å²) in [5.74, 6) is 0.515. The van der Waals surface area contributed by atoms with E-state index in [2.05, 4.69) is 19.8 Å². The molecule has 1 fully saturated rings. The second-order valence-electron chi connectivity index (χ2n) is 8.03. The van der Waals surface area contributed by atoms with Crippen molar-refractivity contribution in [1.29, 1.82) is 0 Å². The summed E-state index contributed by atoms with van der Waals surface area (Å²) in [5.41, 5.74) is 2.87. The topological polar surface area (TPSA) is 85.6 Å². The van der Waals surface area contributed by atoms with E-state index in [0.29, 0.717) is 25.9 Å². The predicted octanol–water partition coefficient (Wildman–Crippen LogP) is 2.89. The third-order valence-corrected chi connectivity index (χ3v) is 5.10. The van der Waals surface area contributed by atoms with E-state index < -0.39 is 0 Å². The van der Waals surface area contributed by atoms with Crippen molar-refractivity contribution in [3.05, 3.63) is 29.8 Å². The van der Waals surface area contributed by atoms with Gasteiger partial charge in [0.1, 0.15) is 17.3 Å². The molecule has 0 spiro atoms. The lowest BCUT2D eigenvalue weighted by molar-refractivity contribution is -0.116. The highest BCUT2D eigenvalue weighted by atomic mass is 16.3. The zero-order valence-electron chi connectivity index (χ0n) is 18.6. The van der Waals surface area contributed by atoms with Gasteiger partial charge in [0, 0.05) is 50.4 Å². The molecule has 1 saturated heterocycles. The summed E-state index contributed by atoms with van der Waals surface area (Å²) in [4.78, 5) is 36.3. The van der Waals surface area contributed by atoms with Gasteiger partial charge in [-0.15, -0.1) is 0 Å². The van der Waals surface area contributed by atoms with E-state index in [4.69, 9.17) is 0 Å². The molecule has 0 radical (unpaired) electrons. The number of carbonyl (C=O) groups is 2. The molecule has 0 unspecified atom stereocenters. The number of phenolic OH excluding ortho intramolecular Hbond substituents is 1. The number of aliphatic imine (C=N–C) groups is 2. The number of carbonyl (C=O) groups excluding carboxylic acids is 2. The Kier molecular flexibility index (Phi) is 9.33. The molecule has 0 aromatic heterocycles. The maximum Gasteiger partial charge on any atom is 0.135 e. The van der Waals surface area contributed by atoms with E-state index >= 15 is 0 Å². The molecule has 7 heteroatoms. The molecule has 0 atom stereocenters. The number of ketones is 2. The van der Waals surface area contributed by atoms with Gasteiger partial charge in [-0.25, -0.2) is 0 Å². The highest BCUT2D eigenvalue weighted by Crippen LogP contribution is 2.30. The van der Waals surface area contributed by atoms with E-state index in [1.165, 1.54) is 0 Å². The molecule has 0 saturated carbocycles. The van der Waals surface area contributed by atoms with Gasteiger partial charge in [0.25, 0.3) is 0 Å². The van der Waals surface area contributed by atoms with Crippen molar-refractivity contribution in [2.45, 2.75) is 46.7 Å². The maximum atomic E-state index is 11.2. The van der Waals surface area contributed by atoms with Crippen molar-refractivity contribution >= 4 is 23.0 Å². The summed E-state index contributed by atoms with van der Waals surface area (Å²) >= 11 is 0. The zero-order chi connectivity index (χ0) is 22.1. The van der Waals surface area contributed by atoms with Gasteiger partial charge in [-0.2, -0.15) is 0 Å². The molecule has 1 N–H and O–H groups in total. The molecule has 0 aliphatic carbocycles. The minimum absolute atomic E-state index is 0.0947. The first-order chi connectivity index (χ1) is 14.3. The molecule has 1 aliphatic rings. The minimum atomic E-state index is 0.0947. The van der Waals surface area contributed by atoms with Crippen LogP contribution < -0.4 is 0 Å². The Morgan fingerprint density at radius 2 is 1.30 bits per heavy atom. The van der Waals surface area contributed by atoms with Gasteiger partial charge in [-0.3, -0.25) is 29.4 Å². The lowest BCUT2D eigenvalue weighted by Crippen LogP contribution is -2.34. The van der Waals surface area contributed by atoms with Crippen LogP contribution in [-0.4, -0.2) is 77.2 Å². The van der Waals surface area contributed by atoms with Crippen LogP contribution in [0.25, 0.3) is 0 Å². The summed E-state index contributed by atoms with van der Waals surface area (Å²) in [7, 11) is 0. The summed E-state index contributed by atoms with van der Waals surface area (Å²) in [6, 6.07) is 7.35. The van der Waals surface area contributed by atoms with Gasteiger partial charge >= 0.3 is 0 Å². The number of benzene rings is 1. The van der Waals surface area contributed by atoms with Crippen LogP contribution in [0.15, 0.2) is 34.3 Å². The summed E-state index contributed by atoms with van der Waals surface area (Å²) in [6.07, 6.45) is 0.910. The second-order valence-corrected chi connectivity index (χ2v) is 8.03. The number of phenols is 1. The largest absolute Gasteiger partial charge is 0.508 e. The molecular weight excluding hydrogens is 380 g/mol. The molecule has 1 aromatic carbocycles. The monoisotopic (exact) mass is 414 g/mol. The van der Waals surface area contributed by atoms with Crippen molar-refractivity contribution in [2.24, 2.45) is 9.98 Å². The fourth-order valence-corrected chi connectivity index (χ4v) is 3.84. The molecule has 1 aliphatic heterocycles. The van der Waals surface area contributed by atoms with Gasteiger partial charge in [-0.1, -0.05) is 12.1 Å². The van der Waals surface area contributed by atoms with Crippen LogP contribution in [0, 0.1) is 0 Å². The lowest BCUT2D eigenvalue weighted by atomic mass is 10.1. The van der Waals surface area contributed by atoms with Crippen molar-refractivity contribution < 1.29 is 14.7 Å². The van der Waals surface area contributed by atoms with Gasteiger partial charge in [0.2, 0.25) is 0 Å². The lowest BCUT2D eigenvalue weighted by Gasteiger charge is -2.30. The van der Waals surface area contributed by atoms with Crippen LogP contribution >= 0.6 is 0 Å². The van der Waals surface area contributed by atoms with Gasteiger partial charge < -0.3 is 5.11 Å². The number of aromatic hydroxyl groups is 1. The van der Waals surface area contributed by atoms with E-state index in [1.807, 2.05) is 26.0 Å². The smallest absolute Gasteiger partial charge is 0.135 e. The Labute approximate surface area is 179 Å². The minimum Gasteiger partial charge on any atom is -0.508 e. The number of Topliss-reactive ketones (excluding diaryl/α,β-unsaturated/α-hetero) is 2. The number of hydrogen-bond donors (Lipinski definition) is 1. The fourth-order valence-electron chi connectivity index (χ4n) is 3.84. The maximum absolute atomic E-state index is 11.2. The standard InChI is InChI=1S/C23H34N4O3/c1-17(15-19(3)28)24-9-11-26-13-14-27(12-10-25-18(2)16-20(4)29)23(26)21-5-7-22(30)8-6-21/h5-8,23,30H,9-16H2,1-4H3. The Morgan fingerprint density at radius 1 is 0.867 bits per heavy atom. The van der Waals surface area contributed by atoms with Crippen LogP contribution in [0.2, 0.25) is 0 Å². The Hall–Kier alpha value is -2.38. The summed E-state index contributed by atoms with van der Waals surface area (Å²) < 4.78 is 0. The first-order valence-corrected chi connectivity index (χ1v) is 10.5. The Balaban J connectivity index is 2.05. The molecule has 164 valence electrons. The number of hydrogen-bond acceptors (Lipinski definition) is 7. The van der Waals surface area contributed by atoms with Gasteiger partial charge in [-0.05, 0) is 45.4 Å². The number of nitrogens with zero attached hydrogens (tertiary/aromatic N) is 4. The highest BCUT2D eigenvalue weighted by molar-refractivity contribution is 6.00. The van der Waals surface area contributed by atoms with Crippen molar-refractivity contribution in [3.8, 4) is 5.75 Å². The van der Waals surface area contributed by atoms with E-state index in [-0.39, 0.29) is 23.5 Å². The molecule has 2 rings (SSSR count). The second kappa shape index (κ2) is 11.7. The molecule has 1 heterocycles. The Bertz CT molecular complexity index is 742. The van der Waals surface area contributed by atoms with Crippen LogP contribution in [0.5, 0.6) is 5.75 Å². The third kappa shape index (κ3) is 7.80. The molecular formula is C23H34N4O3. The quantitative estimate of drug-likeness (QED) is 0.563. The Morgan fingerprint density at radius 3 is 1.70 bits per heavy atom. The van der Waals surface area contributed by atoms with E-state index in [0.717, 1.165) is 43.2 Å². The van der Waals surface area contributed by atoms with Crippen LogP contribution in [0.4, 0.5) is 0 Å². The number of rotatable bonds is 11. The van der Waals surface area contributed by atoms with Gasteiger partial charge in [0.15, 0.2) is 0 Å². The summed E-state index contributed by atoms with van der Waals surface area (Å²) in [6.45, 7) is 11.7. The zero-order valence-corrected chi connectivity index (χ0v) is 18.6. The molecule has 7 nitrogen and oxygen atoms in total. The fraction of sp³-hybridized carbons (Fsp3) is 0.565. The van der Waals surface area contributed by atoms with E-state index in [1.54, 1.807) is 26.0 Å². The van der Waals surface area contributed by atoms with E-state index in [9.17, 15) is 14.7 Å². The van der Waals surface area contributed by atoms with Crippen LogP contribution in [-0.2, 0) is 9.59 Å². The predicted molar refractivity (Wildman–Crippen MR) is 121 cm³/mol. The molecule has 30 heavy (non-hydrogen) atoms. The van der Waals surface area contributed by atoms with Crippen LogP contribution in [0.3, 0.4) is 0 Å². The van der Waals surface area contributed by atoms with Crippen molar-refractivity contribution in [1.82, 2.24) is 9.80 Å². The summed E-state index contributed by atoms with van der Waals surface area (Å²) in [5, 5.41) is 9.66. The molecule has 1 aromatic rings. The van der Waals surface area contributed by atoms with Gasteiger partial charge in [0.05, 0.1) is 19.3 Å². The van der Waals surface area contributed by atoms with Crippen molar-refractivity contribution in [2.75, 3.05) is 39.3 Å². The average molecular weight is 415 g/mol. The normalized spacial score (nSPS) is 18.7. The van der Waals surface area contributed by atoms with Crippen LogP contribution in [0.1, 0.15) is 52.3 Å². The first kappa shape index (κ1) is 23.9. The molecule has 0 bridgehead atoms. The highest BCUT2D eigenvalue weighted by Gasteiger charge is 2.32.